The molecule has 0 radical (unpaired) electrons. The van der Waals surface area contributed by atoms with Crippen LogP contribution in [-0.2, 0) is 16.0 Å². The summed E-state index contributed by atoms with van der Waals surface area (Å²) in [5, 5.41) is 4.79. The van der Waals surface area contributed by atoms with Crippen molar-refractivity contribution in [1.29, 1.82) is 0 Å². The zero-order valence-corrected chi connectivity index (χ0v) is 14.8. The van der Waals surface area contributed by atoms with Gasteiger partial charge >= 0.3 is 5.97 Å². The van der Waals surface area contributed by atoms with Gasteiger partial charge in [-0.25, -0.2) is 15.0 Å². The van der Waals surface area contributed by atoms with Crippen LogP contribution in [-0.4, -0.2) is 33.4 Å². The second-order valence-corrected chi connectivity index (χ2v) is 6.10. The summed E-state index contributed by atoms with van der Waals surface area (Å²) in [5.41, 5.74) is 1.76. The van der Waals surface area contributed by atoms with Crippen LogP contribution in [0.4, 0.5) is 5.13 Å². The number of rotatable bonds is 6. The number of aromatic nitrogens is 3. The molecule has 1 aromatic carbocycles. The first-order valence-corrected chi connectivity index (χ1v) is 8.82. The molecule has 0 unspecified atom stereocenters. The maximum atomic E-state index is 12.3. The lowest BCUT2D eigenvalue weighted by Crippen LogP contribution is -2.13. The number of hydrogen-bond acceptors (Lipinski definition) is 7. The van der Waals surface area contributed by atoms with Crippen molar-refractivity contribution in [2.45, 2.75) is 13.3 Å². The van der Waals surface area contributed by atoms with Crippen molar-refractivity contribution in [3.63, 3.8) is 0 Å². The zero-order chi connectivity index (χ0) is 18.4. The van der Waals surface area contributed by atoms with Gasteiger partial charge in [-0.15, -0.1) is 11.3 Å². The molecule has 7 nitrogen and oxygen atoms in total. The Morgan fingerprint density at radius 3 is 2.58 bits per heavy atom. The summed E-state index contributed by atoms with van der Waals surface area (Å²) in [4.78, 5) is 36.4. The van der Waals surface area contributed by atoms with E-state index in [1.165, 1.54) is 23.7 Å². The summed E-state index contributed by atoms with van der Waals surface area (Å²) in [6.45, 7) is 2.07. The fraction of sp³-hybridized carbons (Fsp3) is 0.167. The molecule has 3 aromatic rings. The lowest BCUT2D eigenvalue weighted by atomic mass is 10.2. The van der Waals surface area contributed by atoms with Crippen LogP contribution in [0.3, 0.4) is 0 Å². The molecule has 1 amide bonds. The fourth-order valence-corrected chi connectivity index (χ4v) is 2.86. The molecule has 0 aliphatic rings. The number of anilines is 1. The van der Waals surface area contributed by atoms with Crippen LogP contribution in [0, 0.1) is 0 Å². The molecular weight excluding hydrogens is 352 g/mol. The van der Waals surface area contributed by atoms with E-state index in [0.717, 1.165) is 5.56 Å². The van der Waals surface area contributed by atoms with Crippen molar-refractivity contribution < 1.29 is 14.3 Å². The van der Waals surface area contributed by atoms with Gasteiger partial charge in [0.05, 0.1) is 24.3 Å². The summed E-state index contributed by atoms with van der Waals surface area (Å²) < 4.78 is 4.87. The van der Waals surface area contributed by atoms with Gasteiger partial charge in [-0.05, 0) is 6.92 Å². The topological polar surface area (TPSA) is 94.1 Å². The molecule has 26 heavy (non-hydrogen) atoms. The predicted molar refractivity (Wildman–Crippen MR) is 97.9 cm³/mol. The molecule has 0 aliphatic heterocycles. The average molecular weight is 368 g/mol. The third-order valence-corrected chi connectivity index (χ3v) is 4.16. The van der Waals surface area contributed by atoms with E-state index in [0.29, 0.717) is 28.8 Å². The highest BCUT2D eigenvalue weighted by Gasteiger charge is 2.12. The van der Waals surface area contributed by atoms with Gasteiger partial charge in [0, 0.05) is 23.3 Å². The number of thiazole rings is 1. The molecule has 0 atom stereocenters. The van der Waals surface area contributed by atoms with Crippen molar-refractivity contribution in [2.24, 2.45) is 0 Å². The van der Waals surface area contributed by atoms with Crippen LogP contribution in [0.15, 0.2) is 48.1 Å². The number of carbonyl (C=O) groups is 2. The molecule has 0 fully saturated rings. The number of ether oxygens (including phenoxy) is 1. The minimum atomic E-state index is -0.360. The normalized spacial score (nSPS) is 10.3. The van der Waals surface area contributed by atoms with Crippen molar-refractivity contribution in [2.75, 3.05) is 11.9 Å². The molecule has 8 heteroatoms. The molecule has 132 valence electrons. The first kappa shape index (κ1) is 17.7. The maximum absolute atomic E-state index is 12.3. The highest BCUT2D eigenvalue weighted by molar-refractivity contribution is 7.14. The van der Waals surface area contributed by atoms with Gasteiger partial charge in [0.1, 0.15) is 0 Å². The van der Waals surface area contributed by atoms with Gasteiger partial charge in [-0.2, -0.15) is 0 Å². The molecule has 1 N–H and O–H groups in total. The third kappa shape index (κ3) is 4.48. The van der Waals surface area contributed by atoms with Crippen LogP contribution in [0.5, 0.6) is 0 Å². The van der Waals surface area contributed by atoms with Gasteiger partial charge in [-0.1, -0.05) is 30.3 Å². The summed E-state index contributed by atoms with van der Waals surface area (Å²) in [5.74, 6) is -0.157. The van der Waals surface area contributed by atoms with Crippen molar-refractivity contribution in [1.82, 2.24) is 15.0 Å². The lowest BCUT2D eigenvalue weighted by Gasteiger charge is -2.03. The summed E-state index contributed by atoms with van der Waals surface area (Å²) in [6, 6.07) is 9.51. The molecule has 0 saturated heterocycles. The van der Waals surface area contributed by atoms with Gasteiger partial charge in [0.2, 0.25) is 0 Å². The van der Waals surface area contributed by atoms with Crippen LogP contribution in [0.25, 0.3) is 11.4 Å². The molecule has 0 aliphatic carbocycles. The fourth-order valence-electron chi connectivity index (χ4n) is 2.16. The predicted octanol–water partition coefficient (Wildman–Crippen LogP) is 2.96. The first-order valence-electron chi connectivity index (χ1n) is 7.94. The number of benzene rings is 1. The minimum Gasteiger partial charge on any atom is -0.466 e. The van der Waals surface area contributed by atoms with E-state index < -0.39 is 0 Å². The third-order valence-electron chi connectivity index (χ3n) is 3.35. The minimum absolute atomic E-state index is 0.0785. The van der Waals surface area contributed by atoms with E-state index in [1.54, 1.807) is 12.3 Å². The first-order chi connectivity index (χ1) is 12.7. The van der Waals surface area contributed by atoms with Crippen LogP contribution in [0.1, 0.15) is 23.0 Å². The van der Waals surface area contributed by atoms with E-state index >= 15 is 0 Å². The Bertz CT molecular complexity index is 894. The zero-order valence-electron chi connectivity index (χ0n) is 14.0. The Morgan fingerprint density at radius 2 is 1.88 bits per heavy atom. The summed E-state index contributed by atoms with van der Waals surface area (Å²) in [6.07, 6.45) is 3.02. The highest BCUT2D eigenvalue weighted by Crippen LogP contribution is 2.18. The van der Waals surface area contributed by atoms with E-state index in [-0.39, 0.29) is 18.3 Å². The Hall–Kier alpha value is -3.13. The number of nitrogens with zero attached hydrogens (tertiary/aromatic N) is 3. The van der Waals surface area contributed by atoms with Gasteiger partial charge in [0.15, 0.2) is 11.0 Å². The van der Waals surface area contributed by atoms with Crippen LogP contribution in [0.2, 0.25) is 0 Å². The molecular formula is C18H16N4O3S. The molecule has 2 aromatic heterocycles. The summed E-state index contributed by atoms with van der Waals surface area (Å²) >= 11 is 1.24. The van der Waals surface area contributed by atoms with Crippen molar-refractivity contribution >= 4 is 28.3 Å². The maximum Gasteiger partial charge on any atom is 0.311 e. The number of amides is 1. The quantitative estimate of drug-likeness (QED) is 0.672. The Labute approximate surface area is 154 Å². The molecule has 0 spiro atoms. The van der Waals surface area contributed by atoms with Gasteiger partial charge in [-0.3, -0.25) is 14.9 Å². The molecule has 0 bridgehead atoms. The van der Waals surface area contributed by atoms with Crippen molar-refractivity contribution in [3.05, 3.63) is 59.4 Å². The molecule has 3 rings (SSSR count). The Balaban J connectivity index is 1.63. The second kappa shape index (κ2) is 8.30. The lowest BCUT2D eigenvalue weighted by molar-refractivity contribution is -0.142. The standard InChI is InChI=1S/C18H16N4O3S/c1-2-25-15(23)8-14-11-26-18(21-14)22-17(24)13-9-19-16(20-10-13)12-6-4-3-5-7-12/h3-7,9-11H,2,8H2,1H3,(H,21,22,24). The van der Waals surface area contributed by atoms with Crippen LogP contribution >= 0.6 is 11.3 Å². The monoisotopic (exact) mass is 368 g/mol. The molecule has 0 saturated carbocycles. The van der Waals surface area contributed by atoms with Gasteiger partial charge < -0.3 is 4.74 Å². The van der Waals surface area contributed by atoms with E-state index in [1.807, 2.05) is 30.3 Å². The van der Waals surface area contributed by atoms with Crippen LogP contribution < -0.4 is 5.32 Å². The SMILES string of the molecule is CCOC(=O)Cc1csc(NC(=O)c2cnc(-c3ccccc3)nc2)n1. The molecule has 2 heterocycles. The van der Waals surface area contributed by atoms with Gasteiger partial charge in [0.25, 0.3) is 5.91 Å². The Kier molecular flexibility index (Phi) is 5.65. The number of hydrogen-bond donors (Lipinski definition) is 1. The summed E-state index contributed by atoms with van der Waals surface area (Å²) in [7, 11) is 0. The van der Waals surface area contributed by atoms with E-state index in [2.05, 4.69) is 20.3 Å². The number of esters is 1. The Morgan fingerprint density at radius 1 is 1.15 bits per heavy atom. The largest absolute Gasteiger partial charge is 0.466 e. The van der Waals surface area contributed by atoms with Crippen molar-refractivity contribution in [3.8, 4) is 11.4 Å². The van der Waals surface area contributed by atoms with E-state index in [9.17, 15) is 9.59 Å². The highest BCUT2D eigenvalue weighted by atomic mass is 32.1. The second-order valence-electron chi connectivity index (χ2n) is 5.24. The number of carbonyl (C=O) groups excluding carboxylic acids is 2. The van der Waals surface area contributed by atoms with E-state index in [4.69, 9.17) is 4.74 Å². The smallest absolute Gasteiger partial charge is 0.311 e. The number of nitrogens with one attached hydrogen (secondary N) is 1. The average Bonchev–Trinajstić information content (AvgIpc) is 3.09.